The molecule has 5 nitrogen and oxygen atoms in total. The highest BCUT2D eigenvalue weighted by molar-refractivity contribution is 8.00. The lowest BCUT2D eigenvalue weighted by atomic mass is 10.1. The Labute approximate surface area is 72.1 Å². The van der Waals surface area contributed by atoms with Crippen LogP contribution >= 0.6 is 0 Å². The molecule has 0 atom stereocenters. The molecule has 0 saturated carbocycles. The molecular weight excluding hydrogens is 180 g/mol. The zero-order chi connectivity index (χ0) is 9.83. The largest absolute Gasteiger partial charge is 0.396 e. The summed E-state index contributed by atoms with van der Waals surface area (Å²) in [6.07, 6.45) is 0.547. The fourth-order valence-electron chi connectivity index (χ4n) is 0.453. The lowest BCUT2D eigenvalue weighted by molar-refractivity contribution is 0.00521. The molecule has 0 spiro atoms. The predicted molar refractivity (Wildman–Crippen MR) is 44.1 cm³/mol. The summed E-state index contributed by atoms with van der Waals surface area (Å²) in [5, 5.41) is 0. The van der Waals surface area contributed by atoms with Crippen molar-refractivity contribution in [2.45, 2.75) is 32.8 Å². The van der Waals surface area contributed by atoms with E-state index >= 15 is 0 Å². The molecule has 0 aliphatic rings. The topological polar surface area (TPSA) is 79.8 Å². The Bertz CT molecular complexity index is 288. The second-order valence-corrected chi connectivity index (χ2v) is 4.27. The first-order chi connectivity index (χ1) is 5.33. The summed E-state index contributed by atoms with van der Waals surface area (Å²) < 4.78 is 26.4. The van der Waals surface area contributed by atoms with Crippen molar-refractivity contribution in [1.29, 1.82) is 0 Å². The van der Waals surface area contributed by atoms with Crippen LogP contribution in [0.1, 0.15) is 27.2 Å². The molecule has 0 aliphatic heterocycles. The molecule has 70 valence electrons. The third-order valence-electron chi connectivity index (χ3n) is 1.37. The van der Waals surface area contributed by atoms with Gasteiger partial charge in [-0.1, -0.05) is 6.92 Å². The molecule has 0 saturated heterocycles. The van der Waals surface area contributed by atoms with E-state index in [-0.39, 0.29) is 0 Å². The highest BCUT2D eigenvalue weighted by Crippen LogP contribution is 2.15. The molecule has 0 aromatic heterocycles. The minimum atomic E-state index is -3.84. The lowest BCUT2D eigenvalue weighted by Crippen LogP contribution is -2.27. The fraction of sp³-hybridized carbons (Fsp3) is 0.833. The maximum Gasteiger partial charge on any atom is 0.396 e. The quantitative estimate of drug-likeness (QED) is 0.217. The van der Waals surface area contributed by atoms with Gasteiger partial charge in [-0.05, 0) is 20.3 Å². The van der Waals surface area contributed by atoms with Gasteiger partial charge in [-0.2, -0.15) is 13.2 Å². The van der Waals surface area contributed by atoms with Crippen molar-refractivity contribution in [3.05, 3.63) is 5.53 Å². The van der Waals surface area contributed by atoms with E-state index in [2.05, 4.69) is 8.97 Å². The molecule has 0 amide bonds. The minimum absolute atomic E-state index is 0.365. The van der Waals surface area contributed by atoms with E-state index in [0.29, 0.717) is 12.0 Å². The molecule has 12 heavy (non-hydrogen) atoms. The monoisotopic (exact) mass is 192 g/mol. The van der Waals surface area contributed by atoms with Gasteiger partial charge in [0.05, 0.1) is 5.60 Å². The van der Waals surface area contributed by atoms with E-state index < -0.39 is 15.7 Å². The van der Waals surface area contributed by atoms with Crippen LogP contribution in [0.25, 0.3) is 5.53 Å². The molecule has 0 unspecified atom stereocenters. The van der Waals surface area contributed by atoms with E-state index in [1.807, 2.05) is 0 Å². The zero-order valence-electron chi connectivity index (χ0n) is 7.31. The molecular formula is C6H12N2O3S. The second-order valence-electron chi connectivity index (χ2n) is 2.91. The third-order valence-corrected chi connectivity index (χ3v) is 2.41. The summed E-state index contributed by atoms with van der Waals surface area (Å²) in [6.45, 7) is 5.07. The zero-order valence-corrected chi connectivity index (χ0v) is 8.13. The van der Waals surface area contributed by atoms with Crippen molar-refractivity contribution in [2.75, 3.05) is 0 Å². The first-order valence-corrected chi connectivity index (χ1v) is 4.93. The first kappa shape index (κ1) is 11.3. The van der Waals surface area contributed by atoms with Crippen LogP contribution in [0.2, 0.25) is 0 Å². The molecule has 0 bridgehead atoms. The molecule has 0 aromatic carbocycles. The van der Waals surface area contributed by atoms with Crippen molar-refractivity contribution < 1.29 is 17.4 Å². The van der Waals surface area contributed by atoms with Crippen LogP contribution in [0.4, 0.5) is 0 Å². The van der Waals surface area contributed by atoms with Gasteiger partial charge in [-0.25, -0.2) is 0 Å². The number of hydrogen-bond acceptors (Lipinski definition) is 3. The average molecular weight is 192 g/mol. The van der Waals surface area contributed by atoms with Crippen molar-refractivity contribution in [2.24, 2.45) is 0 Å². The van der Waals surface area contributed by atoms with Crippen molar-refractivity contribution in [1.82, 2.24) is 0 Å². The first-order valence-electron chi connectivity index (χ1n) is 3.46. The van der Waals surface area contributed by atoms with Crippen LogP contribution in [0, 0.1) is 0 Å². The number of hydrogen-bond donors (Lipinski definition) is 0. The van der Waals surface area contributed by atoms with E-state index in [0.717, 1.165) is 0 Å². The maximum atomic E-state index is 10.9. The molecule has 0 rings (SSSR count). The molecule has 0 fully saturated rings. The van der Waals surface area contributed by atoms with E-state index in [1.54, 1.807) is 20.8 Å². The van der Waals surface area contributed by atoms with Crippen LogP contribution in [-0.4, -0.2) is 24.4 Å². The molecule has 0 aromatic rings. The van der Waals surface area contributed by atoms with Gasteiger partial charge in [0, 0.05) is 0 Å². The van der Waals surface area contributed by atoms with Crippen LogP contribution in [-0.2, 0) is 14.3 Å². The predicted octanol–water partition coefficient (Wildman–Crippen LogP) is 0.780. The van der Waals surface area contributed by atoms with Gasteiger partial charge in [-0.3, -0.25) is 4.18 Å². The summed E-state index contributed by atoms with van der Waals surface area (Å²) in [6, 6.07) is 0. The highest BCUT2D eigenvalue weighted by atomic mass is 32.2. The van der Waals surface area contributed by atoms with Crippen LogP contribution in [0.5, 0.6) is 0 Å². The Morgan fingerprint density at radius 3 is 2.42 bits per heavy atom. The van der Waals surface area contributed by atoms with Crippen LogP contribution < -0.4 is 0 Å². The van der Waals surface area contributed by atoms with Gasteiger partial charge in [0.15, 0.2) is 0 Å². The van der Waals surface area contributed by atoms with E-state index in [9.17, 15) is 8.42 Å². The Morgan fingerprint density at radius 1 is 1.58 bits per heavy atom. The maximum absolute atomic E-state index is 10.9. The third kappa shape index (κ3) is 4.23. The smallest absolute Gasteiger partial charge is 0.361 e. The Kier molecular flexibility index (Phi) is 3.57. The molecule has 0 heterocycles. The van der Waals surface area contributed by atoms with Crippen molar-refractivity contribution in [3.8, 4) is 0 Å². The van der Waals surface area contributed by atoms with E-state index in [4.69, 9.17) is 5.53 Å². The average Bonchev–Trinajstić information content (AvgIpc) is 1.85. The molecule has 0 aliphatic carbocycles. The molecule has 6 heteroatoms. The van der Waals surface area contributed by atoms with Gasteiger partial charge < -0.3 is 5.53 Å². The van der Waals surface area contributed by atoms with Crippen LogP contribution in [0.15, 0.2) is 0 Å². The SMILES string of the molecule is CCC(C)(C)OS(=O)(=O)C=[N+]=[N-]. The van der Waals surface area contributed by atoms with E-state index in [1.165, 1.54) is 0 Å². The Hall–Kier alpha value is -0.710. The van der Waals surface area contributed by atoms with Gasteiger partial charge >= 0.3 is 15.7 Å². The van der Waals surface area contributed by atoms with Crippen molar-refractivity contribution >= 4 is 15.7 Å². The Morgan fingerprint density at radius 2 is 2.08 bits per heavy atom. The van der Waals surface area contributed by atoms with Gasteiger partial charge in [-0.15, -0.1) is 0 Å². The van der Waals surface area contributed by atoms with Crippen LogP contribution in [0.3, 0.4) is 0 Å². The standard InChI is InChI=1S/C6H12N2O3S/c1-4-6(2,3)11-12(9,10)5-8-7/h5H,4H2,1-3H3. The lowest BCUT2D eigenvalue weighted by Gasteiger charge is -2.19. The number of rotatable bonds is 4. The summed E-state index contributed by atoms with van der Waals surface area (Å²) in [5.41, 5.74) is 7.58. The van der Waals surface area contributed by atoms with Gasteiger partial charge in [0.1, 0.15) is 0 Å². The van der Waals surface area contributed by atoms with Gasteiger partial charge in [0.25, 0.3) is 0 Å². The highest BCUT2D eigenvalue weighted by Gasteiger charge is 2.25. The summed E-state index contributed by atoms with van der Waals surface area (Å²) in [5.74, 6) is 0. The minimum Gasteiger partial charge on any atom is -0.361 e. The summed E-state index contributed by atoms with van der Waals surface area (Å²) in [4.78, 5) is 2.39. The molecule has 0 radical (unpaired) electrons. The van der Waals surface area contributed by atoms with Gasteiger partial charge in [0.2, 0.25) is 0 Å². The molecule has 0 N–H and O–H groups in total. The summed E-state index contributed by atoms with van der Waals surface area (Å²) in [7, 11) is -3.84. The second kappa shape index (κ2) is 3.80. The fourth-order valence-corrected chi connectivity index (χ4v) is 1.36. The number of nitrogens with zero attached hydrogens (tertiary/aromatic N) is 2. The normalized spacial score (nSPS) is 12.2. The summed E-state index contributed by atoms with van der Waals surface area (Å²) >= 11 is 0. The van der Waals surface area contributed by atoms with Crippen molar-refractivity contribution in [3.63, 3.8) is 0 Å². The Balaban J connectivity index is 4.57.